The van der Waals surface area contributed by atoms with Crippen molar-refractivity contribution in [1.82, 2.24) is 4.98 Å². The summed E-state index contributed by atoms with van der Waals surface area (Å²) in [5.74, 6) is 0.486. The number of anilines is 1. The monoisotopic (exact) mass is 251 g/mol. The van der Waals surface area contributed by atoms with E-state index in [4.69, 9.17) is 4.74 Å². The summed E-state index contributed by atoms with van der Waals surface area (Å²) >= 11 is 0. The van der Waals surface area contributed by atoms with Crippen LogP contribution in [0.3, 0.4) is 0 Å². The maximum absolute atomic E-state index is 10.7. The van der Waals surface area contributed by atoms with Crippen LogP contribution in [0.25, 0.3) is 0 Å². The molecule has 0 spiro atoms. The lowest BCUT2D eigenvalue weighted by atomic mass is 10.2. The molecule has 1 N–H and O–H groups in total. The molecule has 0 aliphatic rings. The van der Waals surface area contributed by atoms with Gasteiger partial charge in [0.25, 0.3) is 5.69 Å². The molecule has 1 aromatic rings. The molecule has 0 atom stereocenters. The van der Waals surface area contributed by atoms with Gasteiger partial charge in [-0.25, -0.2) is 4.98 Å². The van der Waals surface area contributed by atoms with Gasteiger partial charge in [0.05, 0.1) is 24.2 Å². The summed E-state index contributed by atoms with van der Waals surface area (Å²) in [4.78, 5) is 14.4. The van der Waals surface area contributed by atoms with Crippen LogP contribution >= 0.6 is 0 Å². The molecule has 1 heterocycles. The quantitative estimate of drug-likeness (QED) is 0.332. The van der Waals surface area contributed by atoms with E-state index in [1.165, 1.54) is 12.3 Å². The molecule has 0 aliphatic heterocycles. The highest BCUT2D eigenvalue weighted by Crippen LogP contribution is 2.19. The Balaban J connectivity index is 2.41. The molecule has 0 unspecified atom stereocenters. The smallest absolute Gasteiger partial charge is 0.277 e. The highest BCUT2D eigenvalue weighted by molar-refractivity contribution is 5.48. The minimum absolute atomic E-state index is 0.0695. The van der Waals surface area contributed by atoms with Crippen molar-refractivity contribution in [3.8, 4) is 0 Å². The van der Waals surface area contributed by atoms with Crippen molar-refractivity contribution >= 4 is 11.5 Å². The molecule has 1 aromatic heterocycles. The maximum atomic E-state index is 10.7. The number of hydrogen-bond donors (Lipinski definition) is 1. The second kappa shape index (κ2) is 7.39. The standard InChI is InChI=1S/C12H17N3O3/c1-3-4-6-18-7-5-13-12-8-11(15(16)17)10(2)9-14-12/h3,8-9H,1,4-7H2,2H3,(H,13,14). The summed E-state index contributed by atoms with van der Waals surface area (Å²) in [7, 11) is 0. The van der Waals surface area contributed by atoms with Crippen LogP contribution < -0.4 is 5.32 Å². The molecule has 6 heteroatoms. The molecule has 0 fully saturated rings. The number of nitrogens with one attached hydrogen (secondary N) is 1. The molecule has 0 aliphatic carbocycles. The Bertz CT molecular complexity index is 421. The summed E-state index contributed by atoms with van der Waals surface area (Å²) in [5, 5.41) is 13.7. The second-order valence-electron chi connectivity index (χ2n) is 3.73. The van der Waals surface area contributed by atoms with E-state index in [0.717, 1.165) is 6.42 Å². The average Bonchev–Trinajstić information content (AvgIpc) is 2.35. The highest BCUT2D eigenvalue weighted by Gasteiger charge is 2.11. The fraction of sp³-hybridized carbons (Fsp3) is 0.417. The van der Waals surface area contributed by atoms with Crippen LogP contribution in [-0.4, -0.2) is 29.7 Å². The van der Waals surface area contributed by atoms with E-state index in [2.05, 4.69) is 16.9 Å². The number of rotatable bonds is 8. The Kier molecular flexibility index (Phi) is 5.79. The number of nitrogens with zero attached hydrogens (tertiary/aromatic N) is 2. The Morgan fingerprint density at radius 3 is 3.06 bits per heavy atom. The van der Waals surface area contributed by atoms with E-state index in [0.29, 0.717) is 31.1 Å². The van der Waals surface area contributed by atoms with Gasteiger partial charge in [0.1, 0.15) is 5.82 Å². The maximum Gasteiger partial charge on any atom is 0.277 e. The minimum Gasteiger partial charge on any atom is -0.379 e. The number of aryl methyl sites for hydroxylation is 1. The number of nitro groups is 1. The number of pyridine rings is 1. The third-order valence-electron chi connectivity index (χ3n) is 2.29. The zero-order valence-electron chi connectivity index (χ0n) is 10.4. The van der Waals surface area contributed by atoms with Gasteiger partial charge in [-0.1, -0.05) is 6.08 Å². The van der Waals surface area contributed by atoms with Crippen LogP contribution in [-0.2, 0) is 4.74 Å². The Morgan fingerprint density at radius 1 is 1.61 bits per heavy atom. The van der Waals surface area contributed by atoms with Gasteiger partial charge in [-0.05, 0) is 13.3 Å². The molecule has 0 aromatic carbocycles. The first-order valence-corrected chi connectivity index (χ1v) is 5.68. The highest BCUT2D eigenvalue weighted by atomic mass is 16.6. The molecule has 0 saturated carbocycles. The summed E-state index contributed by atoms with van der Waals surface area (Å²) in [6, 6.07) is 1.43. The summed E-state index contributed by atoms with van der Waals surface area (Å²) in [6.07, 6.45) is 4.09. The van der Waals surface area contributed by atoms with Gasteiger partial charge in [0, 0.05) is 18.3 Å². The SMILES string of the molecule is C=CCCOCCNc1cc([N+](=O)[O-])c(C)cn1. The molecule has 0 saturated heterocycles. The van der Waals surface area contributed by atoms with E-state index in [-0.39, 0.29) is 5.69 Å². The predicted molar refractivity (Wildman–Crippen MR) is 69.8 cm³/mol. The van der Waals surface area contributed by atoms with Crippen molar-refractivity contribution in [2.24, 2.45) is 0 Å². The largest absolute Gasteiger partial charge is 0.379 e. The van der Waals surface area contributed by atoms with Gasteiger partial charge in [0.15, 0.2) is 0 Å². The van der Waals surface area contributed by atoms with Crippen molar-refractivity contribution < 1.29 is 9.66 Å². The molecule has 0 bridgehead atoms. The third-order valence-corrected chi connectivity index (χ3v) is 2.29. The third kappa shape index (κ3) is 4.50. The number of ether oxygens (including phenoxy) is 1. The van der Waals surface area contributed by atoms with E-state index in [9.17, 15) is 10.1 Å². The molecule has 98 valence electrons. The molecular formula is C12H17N3O3. The topological polar surface area (TPSA) is 77.3 Å². The lowest BCUT2D eigenvalue weighted by molar-refractivity contribution is -0.385. The van der Waals surface area contributed by atoms with E-state index >= 15 is 0 Å². The van der Waals surface area contributed by atoms with Crippen molar-refractivity contribution in [3.63, 3.8) is 0 Å². The van der Waals surface area contributed by atoms with E-state index in [1.807, 2.05) is 0 Å². The van der Waals surface area contributed by atoms with Crippen LogP contribution in [0.5, 0.6) is 0 Å². The summed E-state index contributed by atoms with van der Waals surface area (Å²) in [6.45, 7) is 6.97. The van der Waals surface area contributed by atoms with Crippen LogP contribution in [0, 0.1) is 17.0 Å². The zero-order chi connectivity index (χ0) is 13.4. The Labute approximate surface area is 106 Å². The molecular weight excluding hydrogens is 234 g/mol. The number of aromatic nitrogens is 1. The van der Waals surface area contributed by atoms with Crippen LogP contribution in [0.2, 0.25) is 0 Å². The fourth-order valence-corrected chi connectivity index (χ4v) is 1.33. The van der Waals surface area contributed by atoms with Crippen molar-refractivity contribution in [2.45, 2.75) is 13.3 Å². The molecule has 1 rings (SSSR count). The Morgan fingerprint density at radius 2 is 2.39 bits per heavy atom. The van der Waals surface area contributed by atoms with Crippen LogP contribution in [0.4, 0.5) is 11.5 Å². The van der Waals surface area contributed by atoms with E-state index in [1.54, 1.807) is 13.0 Å². The number of hydrogen-bond acceptors (Lipinski definition) is 5. The minimum atomic E-state index is -0.414. The first-order chi connectivity index (χ1) is 8.65. The normalized spacial score (nSPS) is 10.1. The molecule has 0 amide bonds. The predicted octanol–water partition coefficient (Wildman–Crippen LogP) is 2.30. The van der Waals surface area contributed by atoms with Gasteiger partial charge >= 0.3 is 0 Å². The zero-order valence-corrected chi connectivity index (χ0v) is 10.4. The van der Waals surface area contributed by atoms with Crippen LogP contribution in [0.15, 0.2) is 24.9 Å². The van der Waals surface area contributed by atoms with Gasteiger partial charge in [-0.3, -0.25) is 10.1 Å². The molecule has 18 heavy (non-hydrogen) atoms. The van der Waals surface area contributed by atoms with Crippen LogP contribution in [0.1, 0.15) is 12.0 Å². The average molecular weight is 251 g/mol. The van der Waals surface area contributed by atoms with Crippen molar-refractivity contribution in [3.05, 3.63) is 40.6 Å². The van der Waals surface area contributed by atoms with E-state index < -0.39 is 4.92 Å². The lowest BCUT2D eigenvalue weighted by Gasteiger charge is -2.06. The molecule has 0 radical (unpaired) electrons. The Hall–Kier alpha value is -1.95. The second-order valence-corrected chi connectivity index (χ2v) is 3.73. The summed E-state index contributed by atoms with van der Waals surface area (Å²) in [5.41, 5.74) is 0.618. The van der Waals surface area contributed by atoms with Crippen molar-refractivity contribution in [2.75, 3.05) is 25.1 Å². The van der Waals surface area contributed by atoms with Gasteiger partial charge < -0.3 is 10.1 Å². The fourth-order valence-electron chi connectivity index (χ4n) is 1.33. The van der Waals surface area contributed by atoms with Gasteiger partial charge in [0.2, 0.25) is 0 Å². The van der Waals surface area contributed by atoms with Gasteiger partial charge in [-0.15, -0.1) is 6.58 Å². The summed E-state index contributed by atoms with van der Waals surface area (Å²) < 4.78 is 5.30. The first-order valence-electron chi connectivity index (χ1n) is 5.68. The van der Waals surface area contributed by atoms with Crippen molar-refractivity contribution in [1.29, 1.82) is 0 Å². The molecule has 6 nitrogen and oxygen atoms in total. The lowest BCUT2D eigenvalue weighted by Crippen LogP contribution is -2.11. The first kappa shape index (κ1) is 14.1. The van der Waals surface area contributed by atoms with Gasteiger partial charge in [-0.2, -0.15) is 0 Å².